The molecule has 2 atom stereocenters. The Balaban J connectivity index is 2.05. The summed E-state index contributed by atoms with van der Waals surface area (Å²) in [4.78, 5) is 2.53. The molecule has 0 aliphatic carbocycles. The lowest BCUT2D eigenvalue weighted by molar-refractivity contribution is 0.0811. The summed E-state index contributed by atoms with van der Waals surface area (Å²) in [5.41, 5.74) is 0. The fourth-order valence-electron chi connectivity index (χ4n) is 2.61. The van der Waals surface area contributed by atoms with E-state index in [0.717, 1.165) is 6.42 Å². The lowest BCUT2D eigenvalue weighted by atomic mass is 9.84. The van der Waals surface area contributed by atoms with Crippen LogP contribution >= 0.6 is 0 Å². The molecule has 0 aromatic carbocycles. The van der Waals surface area contributed by atoms with Crippen LogP contribution in [0, 0.1) is 17.2 Å². The first-order valence-corrected chi connectivity index (χ1v) is 5.05. The number of hydrogen-bond donors (Lipinski definition) is 0. The maximum absolute atomic E-state index is 8.95. The largest absolute Gasteiger partial charge is 0.299 e. The van der Waals surface area contributed by atoms with Gasteiger partial charge < -0.3 is 0 Å². The molecule has 0 aromatic heterocycles. The molecule has 0 unspecified atom stereocenters. The first-order chi connectivity index (χ1) is 5.92. The van der Waals surface area contributed by atoms with Crippen LogP contribution in [0.25, 0.3) is 0 Å². The highest BCUT2D eigenvalue weighted by Gasteiger charge is 2.32. The number of piperidine rings is 2. The monoisotopic (exact) mass is 164 g/mol. The highest BCUT2D eigenvalue weighted by molar-refractivity contribution is 4.97. The summed E-state index contributed by atoms with van der Waals surface area (Å²) in [7, 11) is 0. The van der Waals surface area contributed by atoms with Crippen molar-refractivity contribution >= 4 is 0 Å². The Hall–Kier alpha value is -0.550. The van der Waals surface area contributed by atoms with Gasteiger partial charge in [-0.2, -0.15) is 5.26 Å². The van der Waals surface area contributed by atoms with E-state index in [-0.39, 0.29) is 0 Å². The van der Waals surface area contributed by atoms with Gasteiger partial charge in [-0.1, -0.05) is 6.42 Å². The van der Waals surface area contributed by atoms with Crippen LogP contribution < -0.4 is 0 Å². The molecule has 0 saturated carbocycles. The highest BCUT2D eigenvalue weighted by Crippen LogP contribution is 2.29. The van der Waals surface area contributed by atoms with Gasteiger partial charge >= 0.3 is 0 Å². The third kappa shape index (κ3) is 1.34. The fraction of sp³-hybridized carbons (Fsp3) is 0.900. The third-order valence-corrected chi connectivity index (χ3v) is 3.25. The number of rotatable bonds is 0. The molecule has 2 aliphatic rings. The lowest BCUT2D eigenvalue weighted by Crippen LogP contribution is -2.47. The van der Waals surface area contributed by atoms with Crippen molar-refractivity contribution in [3.63, 3.8) is 0 Å². The molecule has 2 heterocycles. The van der Waals surface area contributed by atoms with Crippen molar-refractivity contribution in [2.45, 2.75) is 38.1 Å². The van der Waals surface area contributed by atoms with Crippen LogP contribution in [-0.4, -0.2) is 24.0 Å². The van der Waals surface area contributed by atoms with Gasteiger partial charge in [0.2, 0.25) is 0 Å². The summed E-state index contributed by atoms with van der Waals surface area (Å²) in [6, 6.07) is 3.07. The topological polar surface area (TPSA) is 27.0 Å². The van der Waals surface area contributed by atoms with Crippen LogP contribution in [0.1, 0.15) is 32.1 Å². The van der Waals surface area contributed by atoms with Gasteiger partial charge in [0, 0.05) is 6.04 Å². The second-order valence-electron chi connectivity index (χ2n) is 3.98. The third-order valence-electron chi connectivity index (χ3n) is 3.25. The van der Waals surface area contributed by atoms with Crippen molar-refractivity contribution in [1.29, 1.82) is 5.26 Å². The zero-order valence-corrected chi connectivity index (χ0v) is 7.50. The summed E-state index contributed by atoms with van der Waals surface area (Å²) >= 11 is 0. The number of hydrogen-bond acceptors (Lipinski definition) is 2. The van der Waals surface area contributed by atoms with Gasteiger partial charge in [0.15, 0.2) is 0 Å². The molecular formula is C10H16N2. The SMILES string of the molecule is N#C[C@@H]1CCCN2CCCC[C@H]12. The Labute approximate surface area is 74.2 Å². The van der Waals surface area contributed by atoms with Gasteiger partial charge in [-0.05, 0) is 38.8 Å². The van der Waals surface area contributed by atoms with E-state index < -0.39 is 0 Å². The Bertz CT molecular complexity index is 193. The Morgan fingerprint density at radius 2 is 1.92 bits per heavy atom. The summed E-state index contributed by atoms with van der Waals surface area (Å²) < 4.78 is 0. The highest BCUT2D eigenvalue weighted by atomic mass is 15.2. The molecule has 0 radical (unpaired) electrons. The second-order valence-corrected chi connectivity index (χ2v) is 3.98. The van der Waals surface area contributed by atoms with Gasteiger partial charge in [0.25, 0.3) is 0 Å². The molecule has 12 heavy (non-hydrogen) atoms. The van der Waals surface area contributed by atoms with Crippen LogP contribution in [-0.2, 0) is 0 Å². The van der Waals surface area contributed by atoms with Crippen molar-refractivity contribution in [2.24, 2.45) is 5.92 Å². The van der Waals surface area contributed by atoms with Crippen molar-refractivity contribution in [1.82, 2.24) is 4.90 Å². The minimum Gasteiger partial charge on any atom is -0.299 e. The average molecular weight is 164 g/mol. The molecule has 0 N–H and O–H groups in total. The first-order valence-electron chi connectivity index (χ1n) is 5.05. The molecule has 0 aromatic rings. The van der Waals surface area contributed by atoms with Crippen molar-refractivity contribution < 1.29 is 0 Å². The quantitative estimate of drug-likeness (QED) is 0.545. The Morgan fingerprint density at radius 3 is 2.75 bits per heavy atom. The molecular weight excluding hydrogens is 148 g/mol. The minimum absolute atomic E-state index is 0.332. The second kappa shape index (κ2) is 3.45. The molecule has 2 heteroatoms. The van der Waals surface area contributed by atoms with Crippen LogP contribution in [0.5, 0.6) is 0 Å². The number of nitrogens with zero attached hydrogens (tertiary/aromatic N) is 2. The summed E-state index contributed by atoms with van der Waals surface area (Å²) in [5.74, 6) is 0.332. The molecule has 0 amide bonds. The zero-order valence-electron chi connectivity index (χ0n) is 7.50. The van der Waals surface area contributed by atoms with Crippen molar-refractivity contribution in [3.8, 4) is 6.07 Å². The maximum atomic E-state index is 8.95. The summed E-state index contributed by atoms with van der Waals surface area (Å²) in [5, 5.41) is 8.95. The van der Waals surface area contributed by atoms with Gasteiger partial charge in [-0.15, -0.1) is 0 Å². The Morgan fingerprint density at radius 1 is 1.08 bits per heavy atom. The van der Waals surface area contributed by atoms with Gasteiger partial charge in [0.1, 0.15) is 0 Å². The van der Waals surface area contributed by atoms with E-state index >= 15 is 0 Å². The van der Waals surface area contributed by atoms with Crippen LogP contribution in [0.2, 0.25) is 0 Å². The fourth-order valence-corrected chi connectivity index (χ4v) is 2.61. The molecule has 2 rings (SSSR count). The van der Waals surface area contributed by atoms with E-state index in [0.29, 0.717) is 12.0 Å². The summed E-state index contributed by atoms with van der Waals surface area (Å²) in [6.45, 7) is 2.48. The molecule has 0 spiro atoms. The first kappa shape index (κ1) is 8.07. The van der Waals surface area contributed by atoms with E-state index in [1.807, 2.05) is 0 Å². The molecule has 2 aliphatic heterocycles. The van der Waals surface area contributed by atoms with Crippen LogP contribution in [0.4, 0.5) is 0 Å². The predicted molar refractivity (Wildman–Crippen MR) is 47.5 cm³/mol. The molecule has 2 fully saturated rings. The molecule has 2 saturated heterocycles. The lowest BCUT2D eigenvalue weighted by Gasteiger charge is -2.41. The van der Waals surface area contributed by atoms with E-state index in [9.17, 15) is 0 Å². The normalized spacial score (nSPS) is 36.9. The van der Waals surface area contributed by atoms with E-state index in [1.54, 1.807) is 0 Å². The van der Waals surface area contributed by atoms with Crippen LogP contribution in [0.3, 0.4) is 0 Å². The van der Waals surface area contributed by atoms with Crippen molar-refractivity contribution in [2.75, 3.05) is 13.1 Å². The van der Waals surface area contributed by atoms with Gasteiger partial charge in [-0.25, -0.2) is 0 Å². The minimum atomic E-state index is 0.332. The smallest absolute Gasteiger partial charge is 0.0672 e. The molecule has 2 nitrogen and oxygen atoms in total. The van der Waals surface area contributed by atoms with E-state index in [2.05, 4.69) is 11.0 Å². The van der Waals surface area contributed by atoms with Crippen LogP contribution in [0.15, 0.2) is 0 Å². The van der Waals surface area contributed by atoms with Gasteiger partial charge in [0.05, 0.1) is 12.0 Å². The molecule has 66 valence electrons. The maximum Gasteiger partial charge on any atom is 0.0672 e. The van der Waals surface area contributed by atoms with Gasteiger partial charge in [-0.3, -0.25) is 4.90 Å². The Kier molecular flexibility index (Phi) is 2.32. The predicted octanol–water partition coefficient (Wildman–Crippen LogP) is 1.77. The average Bonchev–Trinajstić information content (AvgIpc) is 2.17. The summed E-state index contributed by atoms with van der Waals surface area (Å²) in [6.07, 6.45) is 6.30. The number of nitriles is 1. The zero-order chi connectivity index (χ0) is 8.39. The standard InChI is InChI=1S/C10H16N2/c11-8-9-4-3-7-12-6-2-1-5-10(9)12/h9-10H,1-7H2/t9-,10+/m0/s1. The van der Waals surface area contributed by atoms with E-state index in [1.165, 1.54) is 38.8 Å². The number of fused-ring (bicyclic) bond motifs is 1. The molecule has 0 bridgehead atoms. The van der Waals surface area contributed by atoms with E-state index in [4.69, 9.17) is 5.26 Å². The van der Waals surface area contributed by atoms with Crippen molar-refractivity contribution in [3.05, 3.63) is 0 Å².